The van der Waals surface area contributed by atoms with E-state index in [9.17, 15) is 32.0 Å². The van der Waals surface area contributed by atoms with Crippen LogP contribution in [0.5, 0.6) is 23.0 Å². The summed E-state index contributed by atoms with van der Waals surface area (Å²) >= 11 is 5.93. The zero-order chi connectivity index (χ0) is 31.5. The average Bonchev–Trinajstić information content (AvgIpc) is 3.02. The van der Waals surface area contributed by atoms with Crippen molar-refractivity contribution in [2.75, 3.05) is 6.61 Å². The quantitative estimate of drug-likeness (QED) is 0.0751. The first kappa shape index (κ1) is 30.2. The molecule has 4 aromatic rings. The van der Waals surface area contributed by atoms with E-state index in [0.717, 1.165) is 5.56 Å². The van der Waals surface area contributed by atoms with Gasteiger partial charge in [0, 0.05) is 16.7 Å². The molecule has 0 radical (unpaired) electrons. The molecule has 44 heavy (non-hydrogen) atoms. The number of allylic oxidation sites excluding steroid dienone is 1. The summed E-state index contributed by atoms with van der Waals surface area (Å²) in [4.78, 5) is 12.3. The van der Waals surface area contributed by atoms with E-state index in [4.69, 9.17) is 31.5 Å². The van der Waals surface area contributed by atoms with Gasteiger partial charge in [-0.2, -0.15) is 14.0 Å². The fraction of sp³-hybridized carbons (Fsp3) is 0.0968. The molecular weight excluding hydrogens is 611 g/mol. The molecule has 2 N–H and O–H groups in total. The van der Waals surface area contributed by atoms with Crippen LogP contribution in [0.25, 0.3) is 0 Å². The second kappa shape index (κ2) is 12.5. The third-order valence-electron chi connectivity index (χ3n) is 6.44. The zero-order valence-corrected chi connectivity index (χ0v) is 22.9. The van der Waals surface area contributed by atoms with Crippen molar-refractivity contribution in [2.45, 2.75) is 12.5 Å². The van der Waals surface area contributed by atoms with Crippen LogP contribution in [0.4, 0.5) is 22.0 Å². The predicted molar refractivity (Wildman–Crippen MR) is 145 cm³/mol. The number of nitrogens with two attached hydrogens (primary N) is 1. The molecule has 0 fully saturated rings. The van der Waals surface area contributed by atoms with Gasteiger partial charge in [0.1, 0.15) is 35.5 Å². The molecule has 0 amide bonds. The highest BCUT2D eigenvalue weighted by atomic mass is 35.5. The Hall–Kier alpha value is -5.28. The smallest absolute Gasteiger partial charge is 0.349 e. The SMILES string of the molecule is N#CC1=C(N)Oc2cc(OC(=O)COc3c(F)c(F)c(F)c(F)c3F)ccc2C1c1cccc(OCc2ccc(Cl)cc2)c1. The standard InChI is InChI=1S/C31H18ClF5N2O5/c32-17-6-4-15(5-7-17)13-41-18-3-1-2-16(10-18)24-20-9-8-19(11-22(20)44-31(39)21(24)12-38)43-23(40)14-42-30-28(36)26(34)25(33)27(35)29(30)37/h1-11,24H,13-14,39H2. The van der Waals surface area contributed by atoms with E-state index in [-0.39, 0.29) is 29.6 Å². The number of hydrogen-bond acceptors (Lipinski definition) is 7. The molecule has 0 saturated heterocycles. The predicted octanol–water partition coefficient (Wildman–Crippen LogP) is 6.82. The first-order valence-electron chi connectivity index (χ1n) is 12.6. The highest BCUT2D eigenvalue weighted by Gasteiger charge is 2.32. The Morgan fingerprint density at radius 2 is 1.57 bits per heavy atom. The minimum absolute atomic E-state index is 0.119. The number of rotatable bonds is 8. The minimum atomic E-state index is -2.37. The molecule has 5 rings (SSSR count). The lowest BCUT2D eigenvalue weighted by atomic mass is 9.83. The van der Waals surface area contributed by atoms with Gasteiger partial charge in [0.2, 0.25) is 35.0 Å². The maximum atomic E-state index is 13.8. The number of carbonyl (C=O) groups excluding carboxylic acids is 1. The van der Waals surface area contributed by atoms with Crippen LogP contribution in [-0.2, 0) is 11.4 Å². The van der Waals surface area contributed by atoms with Gasteiger partial charge in [-0.05, 0) is 41.5 Å². The van der Waals surface area contributed by atoms with Crippen LogP contribution in [0.2, 0.25) is 5.02 Å². The molecule has 0 aliphatic carbocycles. The number of carbonyl (C=O) groups is 1. The van der Waals surface area contributed by atoms with Crippen molar-refractivity contribution >= 4 is 17.6 Å². The lowest BCUT2D eigenvalue weighted by Crippen LogP contribution is -2.22. The van der Waals surface area contributed by atoms with E-state index in [0.29, 0.717) is 21.9 Å². The third kappa shape index (κ3) is 6.09. The van der Waals surface area contributed by atoms with E-state index >= 15 is 0 Å². The van der Waals surface area contributed by atoms with Crippen LogP contribution in [-0.4, -0.2) is 12.6 Å². The number of nitrogens with zero attached hydrogens (tertiary/aromatic N) is 1. The summed E-state index contributed by atoms with van der Waals surface area (Å²) in [7, 11) is 0. The topological polar surface area (TPSA) is 104 Å². The lowest BCUT2D eigenvalue weighted by molar-refractivity contribution is -0.136. The number of fused-ring (bicyclic) bond motifs is 1. The van der Waals surface area contributed by atoms with Crippen LogP contribution < -0.4 is 24.7 Å². The molecule has 0 saturated carbocycles. The first-order valence-corrected chi connectivity index (χ1v) is 13.0. The summed E-state index contributed by atoms with van der Waals surface area (Å²) < 4.78 is 88.9. The Morgan fingerprint density at radius 3 is 2.25 bits per heavy atom. The highest BCUT2D eigenvalue weighted by molar-refractivity contribution is 6.30. The summed E-state index contributed by atoms with van der Waals surface area (Å²) in [5, 5.41) is 10.5. The Labute approximate surface area is 251 Å². The van der Waals surface area contributed by atoms with E-state index in [1.807, 2.05) is 12.1 Å². The molecule has 0 bridgehead atoms. The molecule has 0 spiro atoms. The lowest BCUT2D eigenvalue weighted by Gasteiger charge is -2.27. The van der Waals surface area contributed by atoms with Crippen LogP contribution in [0, 0.1) is 40.4 Å². The Bertz CT molecular complexity index is 1810. The van der Waals surface area contributed by atoms with Gasteiger partial charge >= 0.3 is 5.97 Å². The largest absolute Gasteiger partial charge is 0.489 e. The number of benzene rings is 4. The molecule has 0 aromatic heterocycles. The summed E-state index contributed by atoms with van der Waals surface area (Å²) in [6.07, 6.45) is 0. The average molecular weight is 629 g/mol. The number of nitriles is 1. The van der Waals surface area contributed by atoms with Crippen molar-refractivity contribution < 1.29 is 45.7 Å². The molecule has 1 unspecified atom stereocenters. The Balaban J connectivity index is 1.34. The fourth-order valence-electron chi connectivity index (χ4n) is 4.38. The van der Waals surface area contributed by atoms with Crippen LogP contribution in [0.15, 0.2) is 78.2 Å². The molecule has 1 atom stereocenters. The maximum absolute atomic E-state index is 13.8. The maximum Gasteiger partial charge on any atom is 0.349 e. The number of esters is 1. The van der Waals surface area contributed by atoms with Crippen molar-refractivity contribution in [3.63, 3.8) is 0 Å². The Kier molecular flexibility index (Phi) is 8.59. The summed E-state index contributed by atoms with van der Waals surface area (Å²) in [5.41, 5.74) is 8.19. The van der Waals surface area contributed by atoms with Gasteiger partial charge in [0.05, 0.1) is 5.92 Å². The molecule has 1 aliphatic rings. The van der Waals surface area contributed by atoms with Crippen molar-refractivity contribution in [2.24, 2.45) is 5.73 Å². The highest BCUT2D eigenvalue weighted by Crippen LogP contribution is 2.44. The summed E-state index contributed by atoms with van der Waals surface area (Å²) in [6.45, 7) is -0.931. The molecule has 224 valence electrons. The fourth-order valence-corrected chi connectivity index (χ4v) is 4.50. The van der Waals surface area contributed by atoms with Gasteiger partial charge in [0.25, 0.3) is 0 Å². The van der Waals surface area contributed by atoms with Gasteiger partial charge in [0.15, 0.2) is 12.4 Å². The number of hydrogen-bond donors (Lipinski definition) is 1. The van der Waals surface area contributed by atoms with Gasteiger partial charge in [-0.1, -0.05) is 41.9 Å². The van der Waals surface area contributed by atoms with Crippen LogP contribution in [0.1, 0.15) is 22.6 Å². The van der Waals surface area contributed by atoms with Gasteiger partial charge < -0.3 is 24.7 Å². The summed E-state index contributed by atoms with van der Waals surface area (Å²) in [5.74, 6) is -14.5. The van der Waals surface area contributed by atoms with Gasteiger partial charge in [-0.15, -0.1) is 0 Å². The van der Waals surface area contributed by atoms with Crippen molar-refractivity contribution in [1.29, 1.82) is 5.26 Å². The number of halogens is 6. The molecule has 1 heterocycles. The van der Waals surface area contributed by atoms with Crippen LogP contribution in [0.3, 0.4) is 0 Å². The first-order chi connectivity index (χ1) is 21.1. The van der Waals surface area contributed by atoms with E-state index in [1.165, 1.54) is 18.2 Å². The number of ether oxygens (including phenoxy) is 4. The van der Waals surface area contributed by atoms with Gasteiger partial charge in [-0.25, -0.2) is 18.0 Å². The van der Waals surface area contributed by atoms with E-state index < -0.39 is 53.3 Å². The van der Waals surface area contributed by atoms with Gasteiger partial charge in [-0.3, -0.25) is 0 Å². The molecule has 1 aliphatic heterocycles. The zero-order valence-electron chi connectivity index (χ0n) is 22.2. The van der Waals surface area contributed by atoms with Crippen molar-refractivity contribution in [1.82, 2.24) is 0 Å². The second-order valence-electron chi connectivity index (χ2n) is 9.27. The third-order valence-corrected chi connectivity index (χ3v) is 6.69. The van der Waals surface area contributed by atoms with Crippen molar-refractivity contribution in [3.8, 4) is 29.1 Å². The van der Waals surface area contributed by atoms with E-state index in [1.54, 1.807) is 36.4 Å². The molecule has 13 heteroatoms. The second-order valence-corrected chi connectivity index (χ2v) is 9.71. The monoisotopic (exact) mass is 628 g/mol. The molecular formula is C31H18ClF5N2O5. The van der Waals surface area contributed by atoms with Crippen molar-refractivity contribution in [3.05, 3.63) is 129 Å². The Morgan fingerprint density at radius 1 is 0.886 bits per heavy atom. The molecule has 7 nitrogen and oxygen atoms in total. The van der Waals surface area contributed by atoms with E-state index in [2.05, 4.69) is 10.8 Å². The molecule has 4 aromatic carbocycles. The van der Waals surface area contributed by atoms with Crippen LogP contribution >= 0.6 is 11.6 Å². The summed E-state index contributed by atoms with van der Waals surface area (Å²) in [6, 6.07) is 20.3. The minimum Gasteiger partial charge on any atom is -0.489 e. The normalized spacial score (nSPS) is 13.9.